The van der Waals surface area contributed by atoms with Crippen molar-refractivity contribution in [1.82, 2.24) is 0 Å². The Morgan fingerprint density at radius 2 is 1.85 bits per heavy atom. The standard InChI is InChI=1S/C16H15ClF3N3O2.HI/c1-24-14-7-2-10(8-13(14)17)9-22-15(21)23-11-3-5-12(6-4-11)25-16(18,19)20;/h2-8H,9H2,1H3,(H3,21,22,23);1H. The minimum Gasteiger partial charge on any atom is -0.495 e. The Morgan fingerprint density at radius 1 is 1.19 bits per heavy atom. The van der Waals surface area contributed by atoms with Crippen LogP contribution in [0.25, 0.3) is 0 Å². The molecule has 0 bridgehead atoms. The van der Waals surface area contributed by atoms with E-state index in [9.17, 15) is 13.2 Å². The molecule has 26 heavy (non-hydrogen) atoms. The van der Waals surface area contributed by atoms with Crippen LogP contribution >= 0.6 is 35.6 Å². The molecular formula is C16H16ClF3IN3O2. The Bertz CT molecular complexity index is 755. The molecule has 0 aliphatic heterocycles. The topological polar surface area (TPSA) is 68.9 Å². The summed E-state index contributed by atoms with van der Waals surface area (Å²) in [5.74, 6) is 0.347. The lowest BCUT2D eigenvalue weighted by Crippen LogP contribution is -2.22. The van der Waals surface area contributed by atoms with E-state index in [0.29, 0.717) is 16.5 Å². The molecule has 2 rings (SSSR count). The van der Waals surface area contributed by atoms with Gasteiger partial charge in [0, 0.05) is 5.69 Å². The number of rotatable bonds is 5. The largest absolute Gasteiger partial charge is 0.573 e. The van der Waals surface area contributed by atoms with Crippen LogP contribution in [0.2, 0.25) is 5.02 Å². The summed E-state index contributed by atoms with van der Waals surface area (Å²) in [6.07, 6.45) is -4.73. The Morgan fingerprint density at radius 3 is 2.38 bits per heavy atom. The smallest absolute Gasteiger partial charge is 0.495 e. The third-order valence-corrected chi connectivity index (χ3v) is 3.30. The molecular weight excluding hydrogens is 486 g/mol. The molecule has 0 saturated heterocycles. The Hall–Kier alpha value is -1.88. The zero-order chi connectivity index (χ0) is 18.4. The zero-order valence-corrected chi connectivity index (χ0v) is 16.6. The van der Waals surface area contributed by atoms with E-state index >= 15 is 0 Å². The van der Waals surface area contributed by atoms with E-state index < -0.39 is 6.36 Å². The average Bonchev–Trinajstić information content (AvgIpc) is 2.53. The molecule has 142 valence electrons. The maximum atomic E-state index is 12.1. The van der Waals surface area contributed by atoms with Gasteiger partial charge in [-0.3, -0.25) is 0 Å². The van der Waals surface area contributed by atoms with Crippen molar-refractivity contribution in [3.63, 3.8) is 0 Å². The van der Waals surface area contributed by atoms with Gasteiger partial charge < -0.3 is 20.5 Å². The number of nitrogens with one attached hydrogen (secondary N) is 1. The van der Waals surface area contributed by atoms with E-state index in [4.69, 9.17) is 22.1 Å². The molecule has 0 spiro atoms. The van der Waals surface area contributed by atoms with Gasteiger partial charge in [0.15, 0.2) is 5.96 Å². The van der Waals surface area contributed by atoms with Gasteiger partial charge in [0.25, 0.3) is 0 Å². The molecule has 0 radical (unpaired) electrons. The zero-order valence-electron chi connectivity index (χ0n) is 13.5. The lowest BCUT2D eigenvalue weighted by atomic mass is 10.2. The summed E-state index contributed by atoms with van der Waals surface area (Å²) in [4.78, 5) is 4.14. The minimum atomic E-state index is -4.73. The molecule has 0 fully saturated rings. The molecule has 5 nitrogen and oxygen atoms in total. The van der Waals surface area contributed by atoms with Crippen LogP contribution in [-0.4, -0.2) is 19.4 Å². The van der Waals surface area contributed by atoms with Crippen LogP contribution in [-0.2, 0) is 6.54 Å². The Kier molecular flexibility index (Phi) is 8.28. The summed E-state index contributed by atoms with van der Waals surface area (Å²) < 4.78 is 45.1. The van der Waals surface area contributed by atoms with E-state index in [-0.39, 0.29) is 42.2 Å². The van der Waals surface area contributed by atoms with E-state index in [1.54, 1.807) is 18.2 Å². The Labute approximate surface area is 170 Å². The number of methoxy groups -OCH3 is 1. The summed E-state index contributed by atoms with van der Waals surface area (Å²) in [7, 11) is 1.52. The van der Waals surface area contributed by atoms with Gasteiger partial charge in [-0.05, 0) is 42.0 Å². The molecule has 0 atom stereocenters. The van der Waals surface area contributed by atoms with Crippen LogP contribution in [0.3, 0.4) is 0 Å². The first-order valence-electron chi connectivity index (χ1n) is 7.02. The molecule has 2 aromatic rings. The van der Waals surface area contributed by atoms with Gasteiger partial charge in [-0.25, -0.2) is 4.99 Å². The van der Waals surface area contributed by atoms with E-state index in [1.165, 1.54) is 31.4 Å². The molecule has 0 aliphatic rings. The van der Waals surface area contributed by atoms with Gasteiger partial charge in [-0.15, -0.1) is 37.1 Å². The normalized spacial score (nSPS) is 11.5. The minimum absolute atomic E-state index is 0. The van der Waals surface area contributed by atoms with Crippen LogP contribution in [0.1, 0.15) is 5.56 Å². The molecule has 0 heterocycles. The molecule has 0 saturated carbocycles. The van der Waals surface area contributed by atoms with Crippen LogP contribution in [0.4, 0.5) is 18.9 Å². The van der Waals surface area contributed by atoms with Crippen molar-refractivity contribution in [1.29, 1.82) is 0 Å². The number of alkyl halides is 3. The first-order chi connectivity index (χ1) is 11.8. The predicted octanol–water partition coefficient (Wildman–Crippen LogP) is 4.79. The van der Waals surface area contributed by atoms with Crippen molar-refractivity contribution >= 4 is 47.2 Å². The second-order valence-electron chi connectivity index (χ2n) is 4.87. The van der Waals surface area contributed by atoms with Gasteiger partial charge in [-0.1, -0.05) is 17.7 Å². The third kappa shape index (κ3) is 7.16. The highest BCUT2D eigenvalue weighted by molar-refractivity contribution is 14.0. The monoisotopic (exact) mass is 501 g/mol. The number of halogens is 5. The number of hydrogen-bond donors (Lipinski definition) is 2. The molecule has 2 aromatic carbocycles. The molecule has 0 aliphatic carbocycles. The molecule has 0 aromatic heterocycles. The van der Waals surface area contributed by atoms with Crippen molar-refractivity contribution < 1.29 is 22.6 Å². The number of guanidine groups is 1. The van der Waals surface area contributed by atoms with Crippen LogP contribution < -0.4 is 20.5 Å². The summed E-state index contributed by atoms with van der Waals surface area (Å²) in [6, 6.07) is 10.4. The van der Waals surface area contributed by atoms with E-state index in [1.807, 2.05) is 0 Å². The van der Waals surface area contributed by atoms with Crippen LogP contribution in [0, 0.1) is 0 Å². The number of ether oxygens (including phenoxy) is 2. The number of benzene rings is 2. The van der Waals surface area contributed by atoms with Gasteiger partial charge in [0.1, 0.15) is 11.5 Å². The SMILES string of the molecule is COc1ccc(CN=C(N)Nc2ccc(OC(F)(F)F)cc2)cc1Cl.I. The first kappa shape index (κ1) is 22.2. The van der Waals surface area contributed by atoms with Crippen LogP contribution in [0.5, 0.6) is 11.5 Å². The lowest BCUT2D eigenvalue weighted by Gasteiger charge is -2.10. The van der Waals surface area contributed by atoms with Gasteiger partial charge >= 0.3 is 6.36 Å². The number of anilines is 1. The van der Waals surface area contributed by atoms with Crippen molar-refractivity contribution in [3.05, 3.63) is 53.1 Å². The summed E-state index contributed by atoms with van der Waals surface area (Å²) in [5.41, 5.74) is 7.06. The highest BCUT2D eigenvalue weighted by atomic mass is 127. The second kappa shape index (κ2) is 9.72. The number of hydrogen-bond acceptors (Lipinski definition) is 3. The quantitative estimate of drug-likeness (QED) is 0.351. The Balaban J connectivity index is 0.00000338. The van der Waals surface area contributed by atoms with Crippen molar-refractivity contribution in [2.75, 3.05) is 12.4 Å². The fraction of sp³-hybridized carbons (Fsp3) is 0.188. The van der Waals surface area contributed by atoms with Gasteiger partial charge in [0.2, 0.25) is 0 Å². The van der Waals surface area contributed by atoms with Crippen LogP contribution in [0.15, 0.2) is 47.5 Å². The lowest BCUT2D eigenvalue weighted by molar-refractivity contribution is -0.274. The molecule has 0 amide bonds. The number of nitrogens with zero attached hydrogens (tertiary/aromatic N) is 1. The van der Waals surface area contributed by atoms with Crippen molar-refractivity contribution in [2.45, 2.75) is 12.9 Å². The number of nitrogens with two attached hydrogens (primary N) is 1. The maximum Gasteiger partial charge on any atom is 0.573 e. The van der Waals surface area contributed by atoms with Gasteiger partial charge in [-0.2, -0.15) is 0 Å². The third-order valence-electron chi connectivity index (χ3n) is 3.01. The second-order valence-corrected chi connectivity index (χ2v) is 5.27. The fourth-order valence-electron chi connectivity index (χ4n) is 1.91. The molecule has 0 unspecified atom stereocenters. The summed E-state index contributed by atoms with van der Waals surface area (Å²) >= 11 is 6.02. The van der Waals surface area contributed by atoms with E-state index in [2.05, 4.69) is 15.0 Å². The highest BCUT2D eigenvalue weighted by Crippen LogP contribution is 2.25. The number of aliphatic imine (C=N–C) groups is 1. The average molecular weight is 502 g/mol. The van der Waals surface area contributed by atoms with Crippen molar-refractivity contribution in [2.24, 2.45) is 10.7 Å². The maximum absolute atomic E-state index is 12.1. The fourth-order valence-corrected chi connectivity index (χ4v) is 2.19. The molecule has 3 N–H and O–H groups in total. The highest BCUT2D eigenvalue weighted by Gasteiger charge is 2.30. The first-order valence-corrected chi connectivity index (χ1v) is 7.40. The van der Waals surface area contributed by atoms with Crippen molar-refractivity contribution in [3.8, 4) is 11.5 Å². The predicted molar refractivity (Wildman–Crippen MR) is 105 cm³/mol. The summed E-state index contributed by atoms with van der Waals surface area (Å²) in [6.45, 7) is 0.276. The summed E-state index contributed by atoms with van der Waals surface area (Å²) in [5, 5.41) is 3.23. The molecule has 10 heteroatoms. The van der Waals surface area contributed by atoms with Gasteiger partial charge in [0.05, 0.1) is 18.7 Å². The van der Waals surface area contributed by atoms with E-state index in [0.717, 1.165) is 5.56 Å².